The minimum Gasteiger partial charge on any atom is -0.500 e. The van der Waals surface area contributed by atoms with Crippen LogP contribution in [-0.4, -0.2) is 7.11 Å². The summed E-state index contributed by atoms with van der Waals surface area (Å²) in [6.45, 7) is 1.67. The Balaban J connectivity index is 3.50. The Morgan fingerprint density at radius 1 is 1.31 bits per heavy atom. The van der Waals surface area contributed by atoms with E-state index in [-0.39, 0.29) is 0 Å². The second-order valence-corrected chi connectivity index (χ2v) is 4.22. The summed E-state index contributed by atoms with van der Waals surface area (Å²) in [5.41, 5.74) is 0.790. The first kappa shape index (κ1) is 13.2. The molecule has 0 aliphatic carbocycles. The van der Waals surface area contributed by atoms with Gasteiger partial charge < -0.3 is 4.74 Å². The van der Waals surface area contributed by atoms with Crippen LogP contribution < -0.4 is 0 Å². The number of ether oxygens (including phenoxy) is 1. The highest BCUT2D eigenvalue weighted by atomic mass is 35.5. The molecule has 1 aromatic carbocycles. The Bertz CT molecular complexity index is 489. The van der Waals surface area contributed by atoms with Crippen LogP contribution in [0.2, 0.25) is 15.1 Å². The van der Waals surface area contributed by atoms with Gasteiger partial charge in [0.25, 0.3) is 0 Å². The zero-order valence-electron chi connectivity index (χ0n) is 8.64. The average molecular weight is 277 g/mol. The number of halogens is 3. The van der Waals surface area contributed by atoms with Gasteiger partial charge in [0, 0.05) is 10.6 Å². The van der Waals surface area contributed by atoms with Crippen molar-refractivity contribution in [2.75, 3.05) is 7.11 Å². The fraction of sp³-hybridized carbons (Fsp3) is 0.182. The third-order valence-corrected chi connectivity index (χ3v) is 3.05. The molecule has 0 radical (unpaired) electrons. The van der Waals surface area contributed by atoms with Gasteiger partial charge in [-0.1, -0.05) is 34.8 Å². The molecule has 5 heteroatoms. The Labute approximate surface area is 109 Å². The van der Waals surface area contributed by atoms with E-state index in [4.69, 9.17) is 44.8 Å². The van der Waals surface area contributed by atoms with Crippen LogP contribution in [0.5, 0.6) is 0 Å². The van der Waals surface area contributed by atoms with Crippen molar-refractivity contribution in [3.63, 3.8) is 0 Å². The molecule has 0 spiro atoms. The first-order chi connectivity index (χ1) is 7.51. The van der Waals surface area contributed by atoms with Crippen molar-refractivity contribution >= 4 is 40.4 Å². The van der Waals surface area contributed by atoms with E-state index < -0.39 is 0 Å². The molecule has 0 bridgehead atoms. The summed E-state index contributed by atoms with van der Waals surface area (Å²) in [4.78, 5) is 0. The lowest BCUT2D eigenvalue weighted by atomic mass is 10.1. The second-order valence-electron chi connectivity index (χ2n) is 3.00. The molecular formula is C11H8Cl3NO. The standard InChI is InChI=1S/C11H8Cl3NO/c1-6(16-2)9(5-15)8-3-7(12)4-10(13)11(8)14/h3-4H,1-2H3/b9-6+. The second kappa shape index (κ2) is 5.45. The number of nitriles is 1. The van der Waals surface area contributed by atoms with Gasteiger partial charge in [0.05, 0.1) is 22.7 Å². The van der Waals surface area contributed by atoms with Crippen molar-refractivity contribution in [1.82, 2.24) is 0 Å². The molecular weight excluding hydrogens is 268 g/mol. The molecule has 0 N–H and O–H groups in total. The van der Waals surface area contributed by atoms with Gasteiger partial charge in [-0.25, -0.2) is 0 Å². The molecule has 2 nitrogen and oxygen atoms in total. The van der Waals surface area contributed by atoms with Crippen LogP contribution in [-0.2, 0) is 4.74 Å². The predicted octanol–water partition coefficient (Wildman–Crippen LogP) is 4.55. The molecule has 0 aliphatic rings. The van der Waals surface area contributed by atoms with E-state index in [1.54, 1.807) is 13.0 Å². The summed E-state index contributed by atoms with van der Waals surface area (Å²) in [7, 11) is 1.48. The third kappa shape index (κ3) is 2.62. The first-order valence-corrected chi connectivity index (χ1v) is 5.44. The van der Waals surface area contributed by atoms with Gasteiger partial charge >= 0.3 is 0 Å². The maximum atomic E-state index is 9.05. The van der Waals surface area contributed by atoms with E-state index in [2.05, 4.69) is 0 Å². The van der Waals surface area contributed by atoms with Gasteiger partial charge in [-0.2, -0.15) is 5.26 Å². The zero-order chi connectivity index (χ0) is 12.3. The fourth-order valence-corrected chi connectivity index (χ4v) is 1.87. The minimum absolute atomic E-state index is 0.291. The smallest absolute Gasteiger partial charge is 0.111 e. The van der Waals surface area contributed by atoms with Crippen LogP contribution in [0.15, 0.2) is 17.9 Å². The molecule has 0 atom stereocenters. The van der Waals surface area contributed by atoms with Gasteiger partial charge in [-0.15, -0.1) is 0 Å². The SMILES string of the molecule is CO/C(C)=C(\C#N)c1cc(Cl)cc(Cl)c1Cl. The average Bonchev–Trinajstić information content (AvgIpc) is 2.25. The topological polar surface area (TPSA) is 33.0 Å². The van der Waals surface area contributed by atoms with E-state index in [9.17, 15) is 0 Å². The normalized spacial score (nSPS) is 11.8. The molecule has 0 amide bonds. The lowest BCUT2D eigenvalue weighted by molar-refractivity contribution is 0.296. The van der Waals surface area contributed by atoms with Crippen molar-refractivity contribution in [3.8, 4) is 6.07 Å². The minimum atomic E-state index is 0.291. The van der Waals surface area contributed by atoms with Gasteiger partial charge in [-0.3, -0.25) is 0 Å². The molecule has 0 unspecified atom stereocenters. The summed E-state index contributed by atoms with van der Waals surface area (Å²) in [6, 6.07) is 5.12. The van der Waals surface area contributed by atoms with E-state index in [1.807, 2.05) is 6.07 Å². The Morgan fingerprint density at radius 2 is 1.94 bits per heavy atom. The molecule has 84 valence electrons. The Kier molecular flexibility index (Phi) is 4.49. The highest BCUT2D eigenvalue weighted by Crippen LogP contribution is 2.34. The van der Waals surface area contributed by atoms with Gasteiger partial charge in [0.2, 0.25) is 0 Å². The van der Waals surface area contributed by atoms with Crippen LogP contribution in [0.3, 0.4) is 0 Å². The fourth-order valence-electron chi connectivity index (χ4n) is 1.17. The van der Waals surface area contributed by atoms with Crippen molar-refractivity contribution < 1.29 is 4.74 Å². The van der Waals surface area contributed by atoms with Crippen LogP contribution in [0, 0.1) is 11.3 Å². The van der Waals surface area contributed by atoms with Crippen molar-refractivity contribution in [2.24, 2.45) is 0 Å². The lowest BCUT2D eigenvalue weighted by Crippen LogP contribution is -1.91. The summed E-state index contributed by atoms with van der Waals surface area (Å²) >= 11 is 17.7. The molecule has 16 heavy (non-hydrogen) atoms. The highest BCUT2D eigenvalue weighted by Gasteiger charge is 2.14. The Hall–Kier alpha value is -0.880. The van der Waals surface area contributed by atoms with Crippen LogP contribution in [0.4, 0.5) is 0 Å². The van der Waals surface area contributed by atoms with E-state index in [0.29, 0.717) is 32.0 Å². The first-order valence-electron chi connectivity index (χ1n) is 4.31. The maximum Gasteiger partial charge on any atom is 0.111 e. The number of nitrogens with zero attached hydrogens (tertiary/aromatic N) is 1. The van der Waals surface area contributed by atoms with Gasteiger partial charge in [0.1, 0.15) is 11.8 Å². The monoisotopic (exact) mass is 275 g/mol. The van der Waals surface area contributed by atoms with Gasteiger partial charge in [-0.05, 0) is 19.1 Å². The largest absolute Gasteiger partial charge is 0.500 e. The molecule has 1 rings (SSSR count). The number of hydrogen-bond acceptors (Lipinski definition) is 2. The lowest BCUT2D eigenvalue weighted by Gasteiger charge is -2.08. The van der Waals surface area contributed by atoms with Gasteiger partial charge in [0.15, 0.2) is 0 Å². The number of rotatable bonds is 2. The number of allylic oxidation sites excluding steroid dienone is 2. The van der Waals surface area contributed by atoms with Crippen molar-refractivity contribution in [1.29, 1.82) is 5.26 Å². The van der Waals surface area contributed by atoms with E-state index >= 15 is 0 Å². The number of benzene rings is 1. The summed E-state index contributed by atoms with van der Waals surface area (Å²) in [5, 5.41) is 10.1. The van der Waals surface area contributed by atoms with E-state index in [0.717, 1.165) is 0 Å². The highest BCUT2D eigenvalue weighted by molar-refractivity contribution is 6.44. The maximum absolute atomic E-state index is 9.05. The molecule has 1 aromatic rings. The Morgan fingerprint density at radius 3 is 2.44 bits per heavy atom. The summed E-state index contributed by atoms with van der Waals surface area (Å²) in [6.07, 6.45) is 0. The molecule has 0 heterocycles. The molecule has 0 aliphatic heterocycles. The summed E-state index contributed by atoms with van der Waals surface area (Å²) < 4.78 is 5.00. The molecule has 0 aromatic heterocycles. The molecule has 0 fully saturated rings. The van der Waals surface area contributed by atoms with Crippen LogP contribution >= 0.6 is 34.8 Å². The van der Waals surface area contributed by atoms with Crippen LogP contribution in [0.1, 0.15) is 12.5 Å². The number of methoxy groups -OCH3 is 1. The summed E-state index contributed by atoms with van der Waals surface area (Å²) in [5.74, 6) is 0.461. The third-order valence-electron chi connectivity index (χ3n) is 2.03. The number of hydrogen-bond donors (Lipinski definition) is 0. The predicted molar refractivity (Wildman–Crippen MR) is 66.7 cm³/mol. The molecule has 0 saturated carbocycles. The zero-order valence-corrected chi connectivity index (χ0v) is 10.9. The molecule has 0 saturated heterocycles. The van der Waals surface area contributed by atoms with Crippen LogP contribution in [0.25, 0.3) is 5.57 Å². The quantitative estimate of drug-likeness (QED) is 0.451. The van der Waals surface area contributed by atoms with E-state index in [1.165, 1.54) is 13.2 Å². The van der Waals surface area contributed by atoms with Crippen molar-refractivity contribution in [2.45, 2.75) is 6.92 Å². The van der Waals surface area contributed by atoms with Crippen molar-refractivity contribution in [3.05, 3.63) is 38.5 Å².